The van der Waals surface area contributed by atoms with Crippen LogP contribution in [0.2, 0.25) is 5.02 Å². The summed E-state index contributed by atoms with van der Waals surface area (Å²) in [5.41, 5.74) is -0.257. The summed E-state index contributed by atoms with van der Waals surface area (Å²) in [6, 6.07) is 2.33. The van der Waals surface area contributed by atoms with Crippen LogP contribution >= 0.6 is 27.5 Å². The second kappa shape index (κ2) is 6.69. The Hall–Kier alpha value is -0.630. The summed E-state index contributed by atoms with van der Waals surface area (Å²) < 4.78 is 26.6. The Morgan fingerprint density at radius 2 is 2.11 bits per heavy atom. The largest absolute Gasteiger partial charge is 0.478 e. The van der Waals surface area contributed by atoms with Gasteiger partial charge in [-0.25, -0.2) is 17.9 Å². The van der Waals surface area contributed by atoms with E-state index in [0.717, 1.165) is 12.5 Å². The molecule has 0 bridgehead atoms. The number of carboxylic acids is 1. The Labute approximate surface area is 125 Å². The molecule has 1 aromatic carbocycles. The van der Waals surface area contributed by atoms with Crippen LogP contribution in [0.4, 0.5) is 0 Å². The van der Waals surface area contributed by atoms with Crippen LogP contribution in [-0.2, 0) is 10.0 Å². The highest BCUT2D eigenvalue weighted by Gasteiger charge is 2.20. The van der Waals surface area contributed by atoms with Crippen LogP contribution in [0.5, 0.6) is 0 Å². The third kappa shape index (κ3) is 4.17. The molecule has 0 fully saturated rings. The molecule has 2 N–H and O–H groups in total. The minimum absolute atomic E-state index is 0.0278. The smallest absolute Gasteiger partial charge is 0.337 e. The quantitative estimate of drug-likeness (QED) is 0.754. The van der Waals surface area contributed by atoms with Crippen molar-refractivity contribution in [3.63, 3.8) is 0 Å². The molecule has 0 saturated carbocycles. The van der Waals surface area contributed by atoms with E-state index in [1.807, 2.05) is 6.92 Å². The van der Waals surface area contributed by atoms with Gasteiger partial charge in [0.05, 0.1) is 15.5 Å². The molecule has 0 amide bonds. The number of sulfonamides is 1. The minimum Gasteiger partial charge on any atom is -0.478 e. The number of benzene rings is 1. The molecule has 0 radical (unpaired) electrons. The second-order valence-electron chi connectivity index (χ2n) is 3.82. The fourth-order valence-corrected chi connectivity index (χ4v) is 3.27. The van der Waals surface area contributed by atoms with Crippen molar-refractivity contribution in [3.05, 3.63) is 27.2 Å². The van der Waals surface area contributed by atoms with Gasteiger partial charge in [0.25, 0.3) is 0 Å². The average Bonchev–Trinajstić information content (AvgIpc) is 2.32. The zero-order valence-electron chi connectivity index (χ0n) is 10.1. The average molecular weight is 371 g/mol. The molecule has 1 aromatic rings. The lowest BCUT2D eigenvalue weighted by atomic mass is 10.2. The first-order valence-electron chi connectivity index (χ1n) is 5.51. The Balaban J connectivity index is 3.17. The van der Waals surface area contributed by atoms with Crippen LogP contribution in [0, 0.1) is 0 Å². The lowest BCUT2D eigenvalue weighted by molar-refractivity contribution is 0.0696. The molecular formula is C11H13BrClNO4S. The van der Waals surface area contributed by atoms with Crippen LogP contribution < -0.4 is 4.72 Å². The van der Waals surface area contributed by atoms with Gasteiger partial charge in [-0.1, -0.05) is 24.9 Å². The van der Waals surface area contributed by atoms with Gasteiger partial charge in [-0.05, 0) is 34.5 Å². The maximum Gasteiger partial charge on any atom is 0.337 e. The van der Waals surface area contributed by atoms with Gasteiger partial charge in [0.15, 0.2) is 0 Å². The fourth-order valence-electron chi connectivity index (χ4n) is 1.34. The monoisotopic (exact) mass is 369 g/mol. The van der Waals surface area contributed by atoms with Crippen LogP contribution in [0.15, 0.2) is 21.5 Å². The molecule has 0 heterocycles. The molecule has 1 rings (SSSR count). The third-order valence-corrected chi connectivity index (χ3v) is 5.07. The van der Waals surface area contributed by atoms with Crippen LogP contribution in [0.3, 0.4) is 0 Å². The summed E-state index contributed by atoms with van der Waals surface area (Å²) in [5, 5.41) is 8.95. The molecule has 0 aliphatic rings. The number of unbranched alkanes of at least 4 members (excludes halogenated alkanes) is 1. The highest BCUT2D eigenvalue weighted by atomic mass is 79.9. The standard InChI is InChI=1S/C11H13BrClNO4S/c1-2-3-4-14-19(17,18)7-5-8(11(15)16)10(13)9(12)6-7/h5-6,14H,2-4H2,1H3,(H,15,16). The Bertz CT molecular complexity index is 589. The van der Waals surface area contributed by atoms with Gasteiger partial charge in [-0.15, -0.1) is 0 Å². The molecule has 0 saturated heterocycles. The first-order valence-corrected chi connectivity index (χ1v) is 8.17. The van der Waals surface area contributed by atoms with Crippen molar-refractivity contribution in [2.24, 2.45) is 0 Å². The van der Waals surface area contributed by atoms with E-state index in [9.17, 15) is 13.2 Å². The Kier molecular flexibility index (Phi) is 5.79. The van der Waals surface area contributed by atoms with Crippen molar-refractivity contribution in [2.75, 3.05) is 6.54 Å². The normalized spacial score (nSPS) is 11.5. The molecule has 0 aromatic heterocycles. The third-order valence-electron chi connectivity index (χ3n) is 2.36. The van der Waals surface area contributed by atoms with Crippen LogP contribution in [0.25, 0.3) is 0 Å². The lowest BCUT2D eigenvalue weighted by Gasteiger charge is -2.09. The summed E-state index contributed by atoms with van der Waals surface area (Å²) in [7, 11) is -3.73. The highest BCUT2D eigenvalue weighted by Crippen LogP contribution is 2.29. The molecule has 106 valence electrons. The number of hydrogen-bond acceptors (Lipinski definition) is 3. The lowest BCUT2D eigenvalue weighted by Crippen LogP contribution is -2.25. The zero-order chi connectivity index (χ0) is 14.6. The number of halogens is 2. The van der Waals surface area contributed by atoms with E-state index in [0.29, 0.717) is 13.0 Å². The van der Waals surface area contributed by atoms with Crippen molar-refractivity contribution >= 4 is 43.5 Å². The molecular weight excluding hydrogens is 358 g/mol. The molecule has 0 atom stereocenters. The minimum atomic E-state index is -3.73. The van der Waals surface area contributed by atoms with E-state index in [1.165, 1.54) is 6.07 Å². The van der Waals surface area contributed by atoms with Gasteiger partial charge in [0.2, 0.25) is 10.0 Å². The molecule has 8 heteroatoms. The molecule has 0 spiro atoms. The predicted molar refractivity (Wildman–Crippen MR) is 76.2 cm³/mol. The van der Waals surface area contributed by atoms with E-state index >= 15 is 0 Å². The van der Waals surface area contributed by atoms with Crippen molar-refractivity contribution in [2.45, 2.75) is 24.7 Å². The van der Waals surface area contributed by atoms with E-state index in [1.54, 1.807) is 0 Å². The van der Waals surface area contributed by atoms with Crippen LogP contribution in [0.1, 0.15) is 30.1 Å². The van der Waals surface area contributed by atoms with Gasteiger partial charge in [0, 0.05) is 11.0 Å². The number of nitrogens with one attached hydrogen (secondary N) is 1. The topological polar surface area (TPSA) is 83.5 Å². The van der Waals surface area contributed by atoms with Gasteiger partial charge < -0.3 is 5.11 Å². The Morgan fingerprint density at radius 3 is 2.63 bits per heavy atom. The number of carbonyl (C=O) groups is 1. The number of rotatable bonds is 6. The zero-order valence-corrected chi connectivity index (χ0v) is 13.3. The Morgan fingerprint density at radius 1 is 1.47 bits per heavy atom. The maximum absolute atomic E-state index is 12.0. The van der Waals surface area contributed by atoms with E-state index < -0.39 is 16.0 Å². The van der Waals surface area contributed by atoms with Crippen molar-refractivity contribution in [1.29, 1.82) is 0 Å². The van der Waals surface area contributed by atoms with Crippen LogP contribution in [-0.4, -0.2) is 26.0 Å². The summed E-state index contributed by atoms with van der Waals surface area (Å²) in [6.07, 6.45) is 1.56. The van der Waals surface area contributed by atoms with Gasteiger partial charge in [-0.2, -0.15) is 0 Å². The first-order chi connectivity index (χ1) is 8.79. The van der Waals surface area contributed by atoms with Crippen molar-refractivity contribution in [1.82, 2.24) is 4.72 Å². The van der Waals surface area contributed by atoms with Crippen molar-refractivity contribution in [3.8, 4) is 0 Å². The molecule has 0 aliphatic heterocycles. The number of carboxylic acid groups (broad SMARTS) is 1. The SMILES string of the molecule is CCCCNS(=O)(=O)c1cc(Br)c(Cl)c(C(=O)O)c1. The first kappa shape index (κ1) is 16.4. The summed E-state index contributed by atoms with van der Waals surface area (Å²) in [5.74, 6) is -1.28. The van der Waals surface area contributed by atoms with E-state index in [-0.39, 0.29) is 20.0 Å². The van der Waals surface area contributed by atoms with Gasteiger partial charge in [-0.3, -0.25) is 0 Å². The predicted octanol–water partition coefficient (Wildman–Crippen LogP) is 2.88. The number of aromatic carboxylic acids is 1. The maximum atomic E-state index is 12.0. The molecule has 0 aliphatic carbocycles. The molecule has 0 unspecified atom stereocenters. The second-order valence-corrected chi connectivity index (χ2v) is 6.82. The van der Waals surface area contributed by atoms with Gasteiger partial charge in [0.1, 0.15) is 0 Å². The van der Waals surface area contributed by atoms with E-state index in [4.69, 9.17) is 16.7 Å². The molecule has 5 nitrogen and oxygen atoms in total. The van der Waals surface area contributed by atoms with Crippen molar-refractivity contribution < 1.29 is 18.3 Å². The van der Waals surface area contributed by atoms with Gasteiger partial charge >= 0.3 is 5.97 Å². The summed E-state index contributed by atoms with van der Waals surface area (Å²) in [6.45, 7) is 2.25. The molecule has 19 heavy (non-hydrogen) atoms. The number of hydrogen-bond donors (Lipinski definition) is 2. The fraction of sp³-hybridized carbons (Fsp3) is 0.364. The summed E-state index contributed by atoms with van der Waals surface area (Å²) in [4.78, 5) is 10.9. The highest BCUT2D eigenvalue weighted by molar-refractivity contribution is 9.10. The summed E-state index contributed by atoms with van der Waals surface area (Å²) >= 11 is 8.85. The van der Waals surface area contributed by atoms with E-state index in [2.05, 4.69) is 20.7 Å².